The van der Waals surface area contributed by atoms with Crippen LogP contribution >= 0.6 is 0 Å². The molecule has 2 aromatic heterocycles. The molecule has 0 bridgehead atoms. The Labute approximate surface area is 174 Å². The molecule has 0 amide bonds. The van der Waals surface area contributed by atoms with Crippen LogP contribution in [-0.2, 0) is 13.0 Å². The summed E-state index contributed by atoms with van der Waals surface area (Å²) in [6, 6.07) is 6.26. The molecule has 158 valence electrons. The highest BCUT2D eigenvalue weighted by molar-refractivity contribution is 5.52. The van der Waals surface area contributed by atoms with Crippen LogP contribution < -0.4 is 0 Å². The third-order valence-corrected chi connectivity index (χ3v) is 6.31. The van der Waals surface area contributed by atoms with Gasteiger partial charge < -0.3 is 8.94 Å². The average Bonchev–Trinajstić information content (AvgIpc) is 3.07. The molecule has 3 aromatic rings. The molecule has 7 nitrogen and oxygen atoms in total. The summed E-state index contributed by atoms with van der Waals surface area (Å²) in [4.78, 5) is 6.89. The van der Waals surface area contributed by atoms with Crippen molar-refractivity contribution in [1.82, 2.24) is 25.2 Å². The van der Waals surface area contributed by atoms with Crippen LogP contribution in [0, 0.1) is 17.2 Å². The fraction of sp³-hybridized carbons (Fsp3) is 0.545. The minimum absolute atomic E-state index is 0.250. The van der Waals surface area contributed by atoms with E-state index in [9.17, 15) is 4.39 Å². The summed E-state index contributed by atoms with van der Waals surface area (Å²) < 4.78 is 24.8. The van der Waals surface area contributed by atoms with Gasteiger partial charge in [-0.1, -0.05) is 25.1 Å². The Hall–Kier alpha value is -2.61. The molecule has 2 aliphatic rings. The largest absolute Gasteiger partial charge is 0.420 e. The van der Waals surface area contributed by atoms with Gasteiger partial charge in [0, 0.05) is 17.9 Å². The molecule has 0 radical (unpaired) electrons. The van der Waals surface area contributed by atoms with Gasteiger partial charge in [-0.05, 0) is 61.9 Å². The number of hydrogen-bond acceptors (Lipinski definition) is 7. The number of benzene rings is 1. The highest BCUT2D eigenvalue weighted by Gasteiger charge is 2.58. The van der Waals surface area contributed by atoms with Crippen LogP contribution in [-0.4, -0.2) is 38.3 Å². The van der Waals surface area contributed by atoms with E-state index in [-0.39, 0.29) is 11.2 Å². The first-order valence-corrected chi connectivity index (χ1v) is 10.6. The summed E-state index contributed by atoms with van der Waals surface area (Å²) in [5, 5.41) is 12.5. The van der Waals surface area contributed by atoms with Gasteiger partial charge in [0.05, 0.1) is 6.54 Å². The van der Waals surface area contributed by atoms with Crippen molar-refractivity contribution in [3.05, 3.63) is 47.7 Å². The number of likely N-dealkylation sites (tertiary alicyclic amines) is 1. The molecule has 1 spiro atoms. The molecule has 8 heteroatoms. The highest BCUT2D eigenvalue weighted by atomic mass is 19.1. The second-order valence-corrected chi connectivity index (χ2v) is 9.05. The van der Waals surface area contributed by atoms with Crippen LogP contribution in [0.15, 0.2) is 33.2 Å². The van der Waals surface area contributed by atoms with Crippen molar-refractivity contribution < 1.29 is 13.3 Å². The van der Waals surface area contributed by atoms with Crippen molar-refractivity contribution in [3.63, 3.8) is 0 Å². The molecule has 1 aliphatic carbocycles. The molecule has 3 heterocycles. The van der Waals surface area contributed by atoms with Gasteiger partial charge in [-0.3, -0.25) is 4.90 Å². The van der Waals surface area contributed by atoms with Gasteiger partial charge in [-0.15, -0.1) is 10.2 Å². The van der Waals surface area contributed by atoms with E-state index >= 15 is 0 Å². The van der Waals surface area contributed by atoms with Gasteiger partial charge in [0.25, 0.3) is 0 Å². The number of hydrogen-bond donors (Lipinski definition) is 0. The Kier molecular flexibility index (Phi) is 4.89. The van der Waals surface area contributed by atoms with Gasteiger partial charge in [0.2, 0.25) is 17.7 Å². The molecular weight excluding hydrogens is 385 g/mol. The SMILES string of the molecule is CC(C)Cc1noc(CN2CCC3(CC2)C[C@@H]3c2nnc(-c3cccc(F)c3)o2)n1. The van der Waals surface area contributed by atoms with Crippen LogP contribution in [0.4, 0.5) is 4.39 Å². The van der Waals surface area contributed by atoms with Gasteiger partial charge in [0.15, 0.2) is 5.82 Å². The van der Waals surface area contributed by atoms with Gasteiger partial charge in [-0.25, -0.2) is 4.39 Å². The zero-order valence-electron chi connectivity index (χ0n) is 17.3. The first kappa shape index (κ1) is 19.4. The molecule has 0 N–H and O–H groups in total. The first-order valence-electron chi connectivity index (χ1n) is 10.6. The fourth-order valence-electron chi connectivity index (χ4n) is 4.51. The van der Waals surface area contributed by atoms with E-state index in [0.717, 1.165) is 44.6 Å². The van der Waals surface area contributed by atoms with Crippen molar-refractivity contribution in [2.24, 2.45) is 11.3 Å². The second kappa shape index (κ2) is 7.58. The maximum Gasteiger partial charge on any atom is 0.247 e. The maximum absolute atomic E-state index is 13.5. The quantitative estimate of drug-likeness (QED) is 0.600. The van der Waals surface area contributed by atoms with Crippen molar-refractivity contribution in [2.75, 3.05) is 13.1 Å². The Morgan fingerprint density at radius 1 is 1.23 bits per heavy atom. The van der Waals surface area contributed by atoms with E-state index in [1.807, 2.05) is 0 Å². The third kappa shape index (κ3) is 3.88. The van der Waals surface area contributed by atoms with E-state index in [2.05, 4.69) is 39.1 Å². The molecule has 1 saturated carbocycles. The van der Waals surface area contributed by atoms with Crippen LogP contribution in [0.25, 0.3) is 11.5 Å². The van der Waals surface area contributed by atoms with E-state index in [0.29, 0.717) is 41.6 Å². The fourth-order valence-corrected chi connectivity index (χ4v) is 4.51. The molecule has 1 atom stereocenters. The Bertz CT molecular complexity index is 1020. The van der Waals surface area contributed by atoms with Crippen LogP contribution in [0.1, 0.15) is 56.6 Å². The zero-order chi connectivity index (χ0) is 20.7. The smallest absolute Gasteiger partial charge is 0.247 e. The normalized spacial score (nSPS) is 20.9. The van der Waals surface area contributed by atoms with Crippen molar-refractivity contribution in [3.8, 4) is 11.5 Å². The molecule has 1 saturated heterocycles. The van der Waals surface area contributed by atoms with Crippen LogP contribution in [0.5, 0.6) is 0 Å². The Morgan fingerprint density at radius 2 is 2.07 bits per heavy atom. The predicted molar refractivity (Wildman–Crippen MR) is 107 cm³/mol. The zero-order valence-corrected chi connectivity index (χ0v) is 17.3. The van der Waals surface area contributed by atoms with Gasteiger partial charge in [0.1, 0.15) is 5.82 Å². The van der Waals surface area contributed by atoms with Crippen LogP contribution in [0.3, 0.4) is 0 Å². The summed E-state index contributed by atoms with van der Waals surface area (Å²) >= 11 is 0. The third-order valence-electron chi connectivity index (χ3n) is 6.31. The summed E-state index contributed by atoms with van der Waals surface area (Å²) in [7, 11) is 0. The monoisotopic (exact) mass is 411 g/mol. The van der Waals surface area contributed by atoms with E-state index in [1.54, 1.807) is 12.1 Å². The number of aromatic nitrogens is 4. The van der Waals surface area contributed by atoms with Gasteiger partial charge >= 0.3 is 0 Å². The van der Waals surface area contributed by atoms with Crippen LogP contribution in [0.2, 0.25) is 0 Å². The lowest BCUT2D eigenvalue weighted by molar-refractivity contribution is 0.144. The van der Waals surface area contributed by atoms with Crippen molar-refractivity contribution in [1.29, 1.82) is 0 Å². The molecule has 0 unspecified atom stereocenters. The summed E-state index contributed by atoms with van der Waals surface area (Å²) in [6.07, 6.45) is 4.09. The summed E-state index contributed by atoms with van der Waals surface area (Å²) in [5.74, 6) is 3.07. The Morgan fingerprint density at radius 3 is 2.83 bits per heavy atom. The lowest BCUT2D eigenvalue weighted by atomic mass is 9.91. The summed E-state index contributed by atoms with van der Waals surface area (Å²) in [5.41, 5.74) is 0.870. The minimum Gasteiger partial charge on any atom is -0.420 e. The second-order valence-electron chi connectivity index (χ2n) is 9.05. The number of nitrogens with zero attached hydrogens (tertiary/aromatic N) is 5. The topological polar surface area (TPSA) is 81.1 Å². The minimum atomic E-state index is -0.305. The van der Waals surface area contributed by atoms with Crippen molar-refractivity contribution >= 4 is 0 Å². The number of rotatable bonds is 6. The summed E-state index contributed by atoms with van der Waals surface area (Å²) in [6.45, 7) is 6.98. The predicted octanol–water partition coefficient (Wildman–Crippen LogP) is 4.23. The Balaban J connectivity index is 1.17. The van der Waals surface area contributed by atoms with Gasteiger partial charge in [-0.2, -0.15) is 4.98 Å². The van der Waals surface area contributed by atoms with E-state index in [1.165, 1.54) is 12.1 Å². The lowest BCUT2D eigenvalue weighted by Gasteiger charge is -2.31. The average molecular weight is 411 g/mol. The number of piperidine rings is 1. The standard InChI is InChI=1S/C22H26FN5O2/c1-14(2)10-18-24-19(30-27-18)13-28-8-6-22(7-9-28)12-17(22)21-26-25-20(29-21)15-4-3-5-16(23)11-15/h3-5,11,14,17H,6-10,12-13H2,1-2H3/t17-/m1/s1. The lowest BCUT2D eigenvalue weighted by Crippen LogP contribution is -2.34. The maximum atomic E-state index is 13.5. The molecule has 30 heavy (non-hydrogen) atoms. The molecular formula is C22H26FN5O2. The van der Waals surface area contributed by atoms with E-state index < -0.39 is 0 Å². The van der Waals surface area contributed by atoms with Crippen molar-refractivity contribution in [2.45, 2.75) is 52.0 Å². The first-order chi connectivity index (χ1) is 14.5. The molecule has 1 aromatic carbocycles. The highest BCUT2D eigenvalue weighted by Crippen LogP contribution is 2.64. The number of halogens is 1. The molecule has 5 rings (SSSR count). The molecule has 2 fully saturated rings. The molecule has 1 aliphatic heterocycles. The van der Waals surface area contributed by atoms with E-state index in [4.69, 9.17) is 8.94 Å².